The lowest BCUT2D eigenvalue weighted by atomic mass is 9.80. The van der Waals surface area contributed by atoms with Crippen molar-refractivity contribution in [3.63, 3.8) is 0 Å². The molecule has 0 saturated heterocycles. The Bertz CT molecular complexity index is 197. The molecule has 2 amide bonds. The second kappa shape index (κ2) is 5.95. The molecule has 0 unspecified atom stereocenters. The molecule has 4 heteroatoms. The quantitative estimate of drug-likeness (QED) is 0.661. The van der Waals surface area contributed by atoms with Crippen molar-refractivity contribution in [2.75, 3.05) is 20.2 Å². The minimum absolute atomic E-state index is 0.0771. The van der Waals surface area contributed by atoms with Gasteiger partial charge in [0.2, 0.25) is 0 Å². The summed E-state index contributed by atoms with van der Waals surface area (Å²) in [7, 11) is 1.72. The molecule has 1 aliphatic carbocycles. The average Bonchev–Trinajstić information content (AvgIpc) is 2.17. The highest BCUT2D eigenvalue weighted by Crippen LogP contribution is 2.34. The monoisotopic (exact) mass is 214 g/mol. The predicted octanol–water partition coefficient (Wildman–Crippen LogP) is 1.65. The van der Waals surface area contributed by atoms with E-state index in [2.05, 4.69) is 17.6 Å². The maximum Gasteiger partial charge on any atom is 0.314 e. The Labute approximate surface area is 91.8 Å². The van der Waals surface area contributed by atoms with E-state index in [1.807, 2.05) is 0 Å². The average molecular weight is 214 g/mol. The van der Waals surface area contributed by atoms with Crippen molar-refractivity contribution in [1.82, 2.24) is 10.6 Å². The van der Waals surface area contributed by atoms with Crippen LogP contribution in [-0.2, 0) is 4.74 Å². The molecule has 0 spiro atoms. The van der Waals surface area contributed by atoms with Crippen molar-refractivity contribution in [2.24, 2.45) is 0 Å². The van der Waals surface area contributed by atoms with Crippen LogP contribution in [0.4, 0.5) is 4.79 Å². The summed E-state index contributed by atoms with van der Waals surface area (Å²) in [5.41, 5.74) is -0.0813. The lowest BCUT2D eigenvalue weighted by Gasteiger charge is -2.40. The number of carbonyl (C=O) groups is 1. The van der Waals surface area contributed by atoms with E-state index >= 15 is 0 Å². The Balaban J connectivity index is 2.10. The molecule has 4 nitrogen and oxygen atoms in total. The van der Waals surface area contributed by atoms with E-state index in [9.17, 15) is 4.79 Å². The molecule has 0 heterocycles. The maximum absolute atomic E-state index is 11.3. The maximum atomic E-state index is 11.3. The van der Waals surface area contributed by atoms with Gasteiger partial charge in [-0.1, -0.05) is 13.3 Å². The van der Waals surface area contributed by atoms with Crippen LogP contribution >= 0.6 is 0 Å². The van der Waals surface area contributed by atoms with Crippen LogP contribution in [0.5, 0.6) is 0 Å². The second-order valence-corrected chi connectivity index (χ2v) is 4.20. The fourth-order valence-electron chi connectivity index (χ4n) is 1.71. The smallest absolute Gasteiger partial charge is 0.314 e. The van der Waals surface area contributed by atoms with Crippen molar-refractivity contribution < 1.29 is 9.53 Å². The van der Waals surface area contributed by atoms with E-state index in [1.165, 1.54) is 6.42 Å². The molecule has 0 bridgehead atoms. The van der Waals surface area contributed by atoms with Gasteiger partial charge >= 0.3 is 6.03 Å². The van der Waals surface area contributed by atoms with E-state index in [4.69, 9.17) is 4.74 Å². The normalized spacial score (nSPS) is 18.0. The van der Waals surface area contributed by atoms with Gasteiger partial charge in [0.05, 0.1) is 5.60 Å². The van der Waals surface area contributed by atoms with Gasteiger partial charge < -0.3 is 15.4 Å². The summed E-state index contributed by atoms with van der Waals surface area (Å²) in [6.07, 6.45) is 5.44. The van der Waals surface area contributed by atoms with Gasteiger partial charge in [-0.15, -0.1) is 0 Å². The molecule has 1 fully saturated rings. The summed E-state index contributed by atoms with van der Waals surface area (Å²) in [4.78, 5) is 11.3. The fourth-order valence-corrected chi connectivity index (χ4v) is 1.71. The van der Waals surface area contributed by atoms with Gasteiger partial charge in [0.15, 0.2) is 0 Å². The minimum atomic E-state index is -0.0813. The molecular weight excluding hydrogens is 192 g/mol. The zero-order valence-electron chi connectivity index (χ0n) is 9.77. The predicted molar refractivity (Wildman–Crippen MR) is 59.9 cm³/mol. The highest BCUT2D eigenvalue weighted by molar-refractivity contribution is 5.73. The number of ether oxygens (including phenoxy) is 1. The van der Waals surface area contributed by atoms with E-state index in [-0.39, 0.29) is 11.6 Å². The number of carbonyl (C=O) groups excluding carboxylic acids is 1. The Morgan fingerprint density at radius 3 is 2.60 bits per heavy atom. The number of hydrogen-bond donors (Lipinski definition) is 2. The van der Waals surface area contributed by atoms with E-state index < -0.39 is 0 Å². The molecule has 15 heavy (non-hydrogen) atoms. The third kappa shape index (κ3) is 3.70. The summed E-state index contributed by atoms with van der Waals surface area (Å²) in [5, 5.41) is 5.68. The van der Waals surface area contributed by atoms with Crippen molar-refractivity contribution in [3.05, 3.63) is 0 Å². The lowest BCUT2D eigenvalue weighted by molar-refractivity contribution is -0.0673. The highest BCUT2D eigenvalue weighted by atomic mass is 16.5. The summed E-state index contributed by atoms with van der Waals surface area (Å²) in [5.74, 6) is 0. The number of amides is 2. The summed E-state index contributed by atoms with van der Waals surface area (Å²) >= 11 is 0. The van der Waals surface area contributed by atoms with Crippen LogP contribution in [-0.4, -0.2) is 31.8 Å². The number of rotatable bonds is 6. The van der Waals surface area contributed by atoms with E-state index in [0.717, 1.165) is 32.2 Å². The molecule has 0 radical (unpaired) electrons. The first-order valence-electron chi connectivity index (χ1n) is 5.79. The number of methoxy groups -OCH3 is 1. The number of unbranched alkanes of at least 4 members (excludes halogenated alkanes) is 1. The van der Waals surface area contributed by atoms with Crippen LogP contribution in [0, 0.1) is 0 Å². The first-order valence-corrected chi connectivity index (χ1v) is 5.79. The van der Waals surface area contributed by atoms with Crippen LogP contribution < -0.4 is 10.6 Å². The van der Waals surface area contributed by atoms with Crippen LogP contribution in [0.15, 0.2) is 0 Å². The van der Waals surface area contributed by atoms with Crippen molar-refractivity contribution in [2.45, 2.75) is 44.6 Å². The lowest BCUT2D eigenvalue weighted by Crippen LogP contribution is -2.51. The van der Waals surface area contributed by atoms with Crippen LogP contribution in [0.2, 0.25) is 0 Å². The molecule has 0 atom stereocenters. The molecule has 0 aromatic rings. The van der Waals surface area contributed by atoms with Crippen LogP contribution in [0.25, 0.3) is 0 Å². The third-order valence-corrected chi connectivity index (χ3v) is 3.08. The fraction of sp³-hybridized carbons (Fsp3) is 0.909. The Hall–Kier alpha value is -0.770. The van der Waals surface area contributed by atoms with Crippen LogP contribution in [0.1, 0.15) is 39.0 Å². The van der Waals surface area contributed by atoms with Gasteiger partial charge in [-0.25, -0.2) is 4.79 Å². The molecule has 1 rings (SSSR count). The van der Waals surface area contributed by atoms with Crippen molar-refractivity contribution in [1.29, 1.82) is 0 Å². The largest absolute Gasteiger partial charge is 0.376 e. The van der Waals surface area contributed by atoms with Gasteiger partial charge in [0.1, 0.15) is 0 Å². The first-order chi connectivity index (χ1) is 7.22. The summed E-state index contributed by atoms with van der Waals surface area (Å²) in [6.45, 7) is 3.48. The van der Waals surface area contributed by atoms with Gasteiger partial charge in [-0.05, 0) is 25.7 Å². The third-order valence-electron chi connectivity index (χ3n) is 3.08. The molecule has 88 valence electrons. The summed E-state index contributed by atoms with van der Waals surface area (Å²) in [6, 6.07) is -0.0771. The highest BCUT2D eigenvalue weighted by Gasteiger charge is 2.37. The SMILES string of the molecule is CCCCNC(=O)NCC1(OC)CCC1. The molecule has 2 N–H and O–H groups in total. The zero-order chi connectivity index (χ0) is 11.1. The number of nitrogens with one attached hydrogen (secondary N) is 2. The van der Waals surface area contributed by atoms with Gasteiger partial charge in [-0.3, -0.25) is 0 Å². The van der Waals surface area contributed by atoms with Crippen LogP contribution in [0.3, 0.4) is 0 Å². The zero-order valence-corrected chi connectivity index (χ0v) is 9.77. The van der Waals surface area contributed by atoms with Crippen molar-refractivity contribution >= 4 is 6.03 Å². The first kappa shape index (κ1) is 12.3. The molecular formula is C11H22N2O2. The topological polar surface area (TPSA) is 50.4 Å². The standard InChI is InChI=1S/C11H22N2O2/c1-3-4-8-12-10(14)13-9-11(15-2)6-5-7-11/h3-9H2,1-2H3,(H2,12,13,14). The Morgan fingerprint density at radius 1 is 1.40 bits per heavy atom. The number of urea groups is 1. The van der Waals surface area contributed by atoms with Gasteiger partial charge in [0, 0.05) is 20.2 Å². The second-order valence-electron chi connectivity index (χ2n) is 4.20. The molecule has 1 saturated carbocycles. The Morgan fingerprint density at radius 2 is 2.13 bits per heavy atom. The van der Waals surface area contributed by atoms with E-state index in [0.29, 0.717) is 6.54 Å². The minimum Gasteiger partial charge on any atom is -0.376 e. The molecule has 1 aliphatic rings. The van der Waals surface area contributed by atoms with Gasteiger partial charge in [0.25, 0.3) is 0 Å². The Kier molecular flexibility index (Phi) is 4.88. The van der Waals surface area contributed by atoms with E-state index in [1.54, 1.807) is 7.11 Å². The van der Waals surface area contributed by atoms with Gasteiger partial charge in [-0.2, -0.15) is 0 Å². The van der Waals surface area contributed by atoms with Crippen molar-refractivity contribution in [3.8, 4) is 0 Å². The number of hydrogen-bond acceptors (Lipinski definition) is 2. The molecule has 0 aromatic heterocycles. The molecule has 0 aliphatic heterocycles. The molecule has 0 aromatic carbocycles. The summed E-state index contributed by atoms with van der Waals surface area (Å²) < 4.78 is 5.41.